The summed E-state index contributed by atoms with van der Waals surface area (Å²) in [6.07, 6.45) is 0.588. The maximum atomic E-state index is 10.5. The van der Waals surface area contributed by atoms with Crippen molar-refractivity contribution in [1.29, 1.82) is 0 Å². The fourth-order valence-electron chi connectivity index (χ4n) is 1.19. The average molecular weight is 208 g/mol. The molecule has 0 unspecified atom stereocenters. The van der Waals surface area contributed by atoms with Gasteiger partial charge in [0, 0.05) is 11.0 Å². The average Bonchev–Trinajstić information content (AvgIpc) is 2.16. The van der Waals surface area contributed by atoms with Crippen molar-refractivity contribution in [1.82, 2.24) is 0 Å². The fraction of sp³-hybridized carbons (Fsp3) is 0.300. The molecule has 0 atom stereocenters. The SMILES string of the molecule is CC(C)Oc1cc(C=O)ccc1B(O)O. The van der Waals surface area contributed by atoms with Gasteiger partial charge < -0.3 is 14.8 Å². The lowest BCUT2D eigenvalue weighted by atomic mass is 9.79. The number of aldehydes is 1. The molecule has 4 nitrogen and oxygen atoms in total. The van der Waals surface area contributed by atoms with Crippen molar-refractivity contribution in [2.75, 3.05) is 0 Å². The number of hydrogen-bond acceptors (Lipinski definition) is 4. The zero-order valence-corrected chi connectivity index (χ0v) is 8.68. The third-order valence-electron chi connectivity index (χ3n) is 1.81. The number of carbonyl (C=O) groups excluding carboxylic acids is 1. The molecular weight excluding hydrogens is 195 g/mol. The van der Waals surface area contributed by atoms with Crippen molar-refractivity contribution >= 4 is 18.9 Å². The van der Waals surface area contributed by atoms with Gasteiger partial charge in [0.2, 0.25) is 0 Å². The van der Waals surface area contributed by atoms with Crippen LogP contribution in [-0.2, 0) is 0 Å². The van der Waals surface area contributed by atoms with E-state index >= 15 is 0 Å². The third kappa shape index (κ3) is 3.07. The van der Waals surface area contributed by atoms with Gasteiger partial charge in [-0.2, -0.15) is 0 Å². The highest BCUT2D eigenvalue weighted by Crippen LogP contribution is 2.12. The van der Waals surface area contributed by atoms with Crippen LogP contribution in [-0.4, -0.2) is 29.6 Å². The van der Waals surface area contributed by atoms with E-state index in [4.69, 9.17) is 14.8 Å². The summed E-state index contributed by atoms with van der Waals surface area (Å²) in [6, 6.07) is 4.46. The standard InChI is InChI=1S/C10H13BO4/c1-7(2)15-10-5-8(6-12)3-4-9(10)11(13)14/h3-7,13-14H,1-2H3. The largest absolute Gasteiger partial charge is 0.492 e. The maximum absolute atomic E-state index is 10.5. The quantitative estimate of drug-likeness (QED) is 0.538. The second-order valence-corrected chi connectivity index (χ2v) is 3.46. The molecule has 0 heterocycles. The molecule has 0 amide bonds. The summed E-state index contributed by atoms with van der Waals surface area (Å²) in [6.45, 7) is 3.64. The fourth-order valence-corrected chi connectivity index (χ4v) is 1.19. The predicted octanol–water partition coefficient (Wildman–Crippen LogP) is -0.0339. The monoisotopic (exact) mass is 208 g/mol. The summed E-state index contributed by atoms with van der Waals surface area (Å²) in [5.41, 5.74) is 0.698. The van der Waals surface area contributed by atoms with Crippen molar-refractivity contribution in [2.45, 2.75) is 20.0 Å². The Morgan fingerprint density at radius 2 is 2.07 bits per heavy atom. The molecule has 0 aliphatic rings. The summed E-state index contributed by atoms with van der Waals surface area (Å²) < 4.78 is 5.37. The van der Waals surface area contributed by atoms with Gasteiger partial charge in [-0.1, -0.05) is 12.1 Å². The van der Waals surface area contributed by atoms with E-state index in [-0.39, 0.29) is 11.6 Å². The van der Waals surface area contributed by atoms with Gasteiger partial charge in [-0.05, 0) is 19.9 Å². The van der Waals surface area contributed by atoms with Crippen LogP contribution in [0.25, 0.3) is 0 Å². The Labute approximate surface area is 88.6 Å². The lowest BCUT2D eigenvalue weighted by molar-refractivity contribution is 0.112. The Kier molecular flexibility index (Phi) is 3.88. The number of ether oxygens (including phenoxy) is 1. The van der Waals surface area contributed by atoms with E-state index in [1.165, 1.54) is 18.2 Å². The second-order valence-electron chi connectivity index (χ2n) is 3.46. The molecule has 0 spiro atoms. The van der Waals surface area contributed by atoms with Crippen LogP contribution in [0.1, 0.15) is 24.2 Å². The highest BCUT2D eigenvalue weighted by Gasteiger charge is 2.18. The maximum Gasteiger partial charge on any atom is 0.492 e. The Balaban J connectivity index is 3.10. The first kappa shape index (κ1) is 11.7. The van der Waals surface area contributed by atoms with Crippen molar-refractivity contribution in [3.8, 4) is 5.75 Å². The minimum atomic E-state index is -1.60. The van der Waals surface area contributed by atoms with Crippen LogP contribution in [0, 0.1) is 0 Å². The van der Waals surface area contributed by atoms with E-state index in [0.717, 1.165) is 0 Å². The molecule has 0 saturated heterocycles. The van der Waals surface area contributed by atoms with Gasteiger partial charge >= 0.3 is 7.12 Å². The first-order valence-corrected chi connectivity index (χ1v) is 4.66. The predicted molar refractivity (Wildman–Crippen MR) is 57.4 cm³/mol. The Morgan fingerprint density at radius 3 is 2.53 bits per heavy atom. The zero-order valence-electron chi connectivity index (χ0n) is 8.68. The second kappa shape index (κ2) is 4.95. The first-order chi connectivity index (χ1) is 7.04. The van der Waals surface area contributed by atoms with Gasteiger partial charge in [-0.25, -0.2) is 0 Å². The highest BCUT2D eigenvalue weighted by molar-refractivity contribution is 6.59. The molecule has 1 aromatic rings. The van der Waals surface area contributed by atoms with E-state index in [2.05, 4.69) is 0 Å². The van der Waals surface area contributed by atoms with E-state index < -0.39 is 7.12 Å². The number of benzene rings is 1. The van der Waals surface area contributed by atoms with Crippen molar-refractivity contribution in [3.63, 3.8) is 0 Å². The van der Waals surface area contributed by atoms with Crippen LogP contribution in [0.2, 0.25) is 0 Å². The molecule has 0 aromatic heterocycles. The highest BCUT2D eigenvalue weighted by atomic mass is 16.5. The number of hydrogen-bond donors (Lipinski definition) is 2. The van der Waals surface area contributed by atoms with Crippen LogP contribution in [0.4, 0.5) is 0 Å². The van der Waals surface area contributed by atoms with Crippen LogP contribution in [0.5, 0.6) is 5.75 Å². The van der Waals surface area contributed by atoms with Gasteiger partial charge in [-0.15, -0.1) is 0 Å². The van der Waals surface area contributed by atoms with Gasteiger partial charge in [0.15, 0.2) is 0 Å². The van der Waals surface area contributed by atoms with E-state index in [1.54, 1.807) is 0 Å². The van der Waals surface area contributed by atoms with Gasteiger partial charge in [0.1, 0.15) is 12.0 Å². The van der Waals surface area contributed by atoms with Crippen LogP contribution in [0.3, 0.4) is 0 Å². The number of carbonyl (C=O) groups is 1. The molecule has 5 heteroatoms. The molecule has 0 aliphatic carbocycles. The molecule has 1 rings (SSSR count). The van der Waals surface area contributed by atoms with Crippen molar-refractivity contribution in [3.05, 3.63) is 23.8 Å². The summed E-state index contributed by atoms with van der Waals surface area (Å²) in [7, 11) is -1.60. The minimum absolute atomic E-state index is 0.0931. The lowest BCUT2D eigenvalue weighted by Crippen LogP contribution is -2.32. The molecular formula is C10H13BO4. The van der Waals surface area contributed by atoms with Crippen LogP contribution in [0.15, 0.2) is 18.2 Å². The Morgan fingerprint density at radius 1 is 1.40 bits per heavy atom. The van der Waals surface area contributed by atoms with Crippen molar-refractivity contribution in [2.24, 2.45) is 0 Å². The van der Waals surface area contributed by atoms with Gasteiger partial charge in [0.05, 0.1) is 6.10 Å². The molecule has 0 radical (unpaired) electrons. The van der Waals surface area contributed by atoms with Crippen molar-refractivity contribution < 1.29 is 19.6 Å². The molecule has 2 N–H and O–H groups in total. The smallest absolute Gasteiger partial charge is 0.491 e. The number of rotatable bonds is 4. The normalized spacial score (nSPS) is 10.2. The van der Waals surface area contributed by atoms with Gasteiger partial charge in [0.25, 0.3) is 0 Å². The minimum Gasteiger partial charge on any atom is -0.491 e. The molecule has 80 valence electrons. The molecule has 0 aliphatic heterocycles. The van der Waals surface area contributed by atoms with Crippen LogP contribution < -0.4 is 10.2 Å². The zero-order chi connectivity index (χ0) is 11.4. The van der Waals surface area contributed by atoms with Crippen LogP contribution >= 0.6 is 0 Å². The summed E-state index contributed by atoms with van der Waals surface area (Å²) >= 11 is 0. The molecule has 15 heavy (non-hydrogen) atoms. The van der Waals surface area contributed by atoms with E-state index in [9.17, 15) is 4.79 Å². The molecule has 0 bridgehead atoms. The topological polar surface area (TPSA) is 66.8 Å². The summed E-state index contributed by atoms with van der Waals surface area (Å²) in [5.74, 6) is 0.324. The summed E-state index contributed by atoms with van der Waals surface area (Å²) in [4.78, 5) is 10.5. The van der Waals surface area contributed by atoms with E-state index in [1.807, 2.05) is 13.8 Å². The molecule has 1 aromatic carbocycles. The Bertz CT molecular complexity index is 349. The Hall–Kier alpha value is -1.33. The summed E-state index contributed by atoms with van der Waals surface area (Å²) in [5, 5.41) is 18.1. The third-order valence-corrected chi connectivity index (χ3v) is 1.81. The van der Waals surface area contributed by atoms with E-state index in [0.29, 0.717) is 17.6 Å². The molecule has 0 saturated carbocycles. The lowest BCUT2D eigenvalue weighted by Gasteiger charge is -2.14. The van der Waals surface area contributed by atoms with Gasteiger partial charge in [-0.3, -0.25) is 4.79 Å². The molecule has 0 fully saturated rings. The first-order valence-electron chi connectivity index (χ1n) is 4.66.